The van der Waals surface area contributed by atoms with E-state index in [1.807, 2.05) is 45.0 Å². The second-order valence-corrected chi connectivity index (χ2v) is 8.30. The lowest BCUT2D eigenvalue weighted by atomic mass is 10.1. The maximum Gasteiger partial charge on any atom is 0.307 e. The molecule has 1 rings (SSSR count). The van der Waals surface area contributed by atoms with Crippen molar-refractivity contribution in [1.29, 1.82) is 0 Å². The zero-order valence-electron chi connectivity index (χ0n) is 12.1. The highest BCUT2D eigenvalue weighted by Crippen LogP contribution is 2.23. The molecule has 2 atom stereocenters. The van der Waals surface area contributed by atoms with Crippen LogP contribution in [0.1, 0.15) is 38.8 Å². The summed E-state index contributed by atoms with van der Waals surface area (Å²) in [5.74, 6) is -0.339. The molecule has 6 heteroatoms. The number of rotatable bonds is 5. The normalized spacial score (nSPS) is 14.7. The predicted octanol–water partition coefficient (Wildman–Crippen LogP) is 3.11. The van der Waals surface area contributed by atoms with Crippen molar-refractivity contribution in [2.24, 2.45) is 0 Å². The predicted molar refractivity (Wildman–Crippen MR) is 84.5 cm³/mol. The van der Waals surface area contributed by atoms with Gasteiger partial charge < -0.3 is 4.74 Å². The minimum Gasteiger partial charge on any atom is -0.469 e. The Balaban J connectivity index is 2.97. The molecule has 0 amide bonds. The summed E-state index contributed by atoms with van der Waals surface area (Å²) in [5.41, 5.74) is 0.891. The van der Waals surface area contributed by atoms with E-state index in [4.69, 9.17) is 4.74 Å². The van der Waals surface area contributed by atoms with Crippen LogP contribution in [0.4, 0.5) is 0 Å². The van der Waals surface area contributed by atoms with Crippen molar-refractivity contribution in [2.45, 2.75) is 38.0 Å². The van der Waals surface area contributed by atoms with E-state index in [9.17, 15) is 9.00 Å². The van der Waals surface area contributed by atoms with Crippen molar-refractivity contribution in [1.82, 2.24) is 4.72 Å². The number of hydrogen-bond acceptors (Lipinski definition) is 3. The zero-order chi connectivity index (χ0) is 15.3. The summed E-state index contributed by atoms with van der Waals surface area (Å²) < 4.78 is 20.5. The van der Waals surface area contributed by atoms with Crippen LogP contribution in [-0.2, 0) is 20.5 Å². The van der Waals surface area contributed by atoms with E-state index in [-0.39, 0.29) is 18.4 Å². The maximum absolute atomic E-state index is 12.2. The second-order valence-electron chi connectivity index (χ2n) is 5.39. The highest BCUT2D eigenvalue weighted by atomic mass is 79.9. The Kier molecular flexibility index (Phi) is 6.36. The second kappa shape index (κ2) is 7.33. The summed E-state index contributed by atoms with van der Waals surface area (Å²) in [6.07, 6.45) is 0.134. The molecule has 20 heavy (non-hydrogen) atoms. The fourth-order valence-corrected chi connectivity index (χ4v) is 2.76. The molecule has 112 valence electrons. The van der Waals surface area contributed by atoms with Crippen LogP contribution in [0.15, 0.2) is 28.7 Å². The van der Waals surface area contributed by atoms with Gasteiger partial charge in [0.2, 0.25) is 0 Å². The van der Waals surface area contributed by atoms with Crippen molar-refractivity contribution < 1.29 is 13.7 Å². The number of hydrogen-bond donors (Lipinski definition) is 1. The number of carbonyl (C=O) groups is 1. The van der Waals surface area contributed by atoms with Crippen LogP contribution >= 0.6 is 15.9 Å². The Morgan fingerprint density at radius 1 is 1.45 bits per heavy atom. The number of benzene rings is 1. The van der Waals surface area contributed by atoms with Crippen LogP contribution in [-0.4, -0.2) is 22.0 Å². The molecule has 0 saturated carbocycles. The number of nitrogens with one attached hydrogen (secondary N) is 1. The van der Waals surface area contributed by atoms with Crippen molar-refractivity contribution in [3.8, 4) is 0 Å². The lowest BCUT2D eigenvalue weighted by Crippen LogP contribution is -2.36. The van der Waals surface area contributed by atoms with Gasteiger partial charge in [-0.25, -0.2) is 8.93 Å². The van der Waals surface area contributed by atoms with E-state index in [2.05, 4.69) is 20.7 Å². The van der Waals surface area contributed by atoms with Crippen molar-refractivity contribution in [3.05, 3.63) is 34.3 Å². The molecule has 0 fully saturated rings. The average molecular weight is 362 g/mol. The molecule has 4 nitrogen and oxygen atoms in total. The highest BCUT2D eigenvalue weighted by Gasteiger charge is 2.25. The summed E-state index contributed by atoms with van der Waals surface area (Å²) in [7, 11) is 0.0822. The molecular weight excluding hydrogens is 342 g/mol. The van der Waals surface area contributed by atoms with Crippen LogP contribution in [0.5, 0.6) is 0 Å². The molecule has 1 N–H and O–H groups in total. The largest absolute Gasteiger partial charge is 0.469 e. The van der Waals surface area contributed by atoms with Crippen LogP contribution in [0, 0.1) is 0 Å². The number of ether oxygens (including phenoxy) is 1. The average Bonchev–Trinajstić information content (AvgIpc) is 2.36. The number of halogens is 1. The van der Waals surface area contributed by atoms with Gasteiger partial charge in [-0.15, -0.1) is 0 Å². The molecule has 0 aliphatic rings. The lowest BCUT2D eigenvalue weighted by Gasteiger charge is -2.24. The maximum atomic E-state index is 12.2. The first-order valence-corrected chi connectivity index (χ1v) is 8.18. The zero-order valence-corrected chi connectivity index (χ0v) is 14.5. The van der Waals surface area contributed by atoms with Gasteiger partial charge in [0.15, 0.2) is 0 Å². The molecule has 0 aliphatic heterocycles. The third-order valence-electron chi connectivity index (χ3n) is 2.65. The van der Waals surface area contributed by atoms with Gasteiger partial charge in [0.25, 0.3) is 0 Å². The minimum absolute atomic E-state index is 0.134. The monoisotopic (exact) mass is 361 g/mol. The van der Waals surface area contributed by atoms with E-state index >= 15 is 0 Å². The van der Waals surface area contributed by atoms with Crippen LogP contribution in [0.3, 0.4) is 0 Å². The molecule has 0 saturated heterocycles. The molecule has 1 aromatic rings. The van der Waals surface area contributed by atoms with Gasteiger partial charge >= 0.3 is 5.97 Å². The first-order chi connectivity index (χ1) is 9.24. The summed E-state index contributed by atoms with van der Waals surface area (Å²) in [6, 6.07) is 7.23. The Morgan fingerprint density at radius 2 is 2.10 bits per heavy atom. The Labute approximate surface area is 131 Å². The van der Waals surface area contributed by atoms with Gasteiger partial charge in [0, 0.05) is 4.47 Å². The van der Waals surface area contributed by atoms with Crippen LogP contribution < -0.4 is 4.72 Å². The summed E-state index contributed by atoms with van der Waals surface area (Å²) in [6.45, 7) is 5.64. The summed E-state index contributed by atoms with van der Waals surface area (Å²) >= 11 is 3.40. The SMILES string of the molecule is COC(=O)C[C@H](N[S@](=O)C(C)(C)C)c1cccc(Br)c1. The highest BCUT2D eigenvalue weighted by molar-refractivity contribution is 9.10. The van der Waals surface area contributed by atoms with Gasteiger partial charge in [-0.1, -0.05) is 28.1 Å². The third kappa shape index (κ3) is 5.34. The fraction of sp³-hybridized carbons (Fsp3) is 0.500. The molecule has 0 radical (unpaired) electrons. The van der Waals surface area contributed by atoms with Crippen molar-refractivity contribution in [3.63, 3.8) is 0 Å². The molecule has 0 unspecified atom stereocenters. The summed E-state index contributed by atoms with van der Waals surface area (Å²) in [5, 5.41) is 0. The van der Waals surface area contributed by atoms with Gasteiger partial charge in [-0.2, -0.15) is 0 Å². The van der Waals surface area contributed by atoms with E-state index < -0.39 is 15.7 Å². The molecular formula is C14H20BrNO3S. The molecule has 1 aromatic carbocycles. The Hall–Kier alpha value is -0.720. The lowest BCUT2D eigenvalue weighted by molar-refractivity contribution is -0.141. The Morgan fingerprint density at radius 3 is 2.60 bits per heavy atom. The summed E-state index contributed by atoms with van der Waals surface area (Å²) in [4.78, 5) is 11.5. The molecule has 0 bridgehead atoms. The van der Waals surface area contributed by atoms with Gasteiger partial charge in [-0.3, -0.25) is 4.79 Å². The third-order valence-corrected chi connectivity index (χ3v) is 4.76. The van der Waals surface area contributed by atoms with Crippen molar-refractivity contribution >= 4 is 32.9 Å². The van der Waals surface area contributed by atoms with E-state index in [1.165, 1.54) is 7.11 Å². The van der Waals surface area contributed by atoms with Gasteiger partial charge in [0.1, 0.15) is 0 Å². The minimum atomic E-state index is -1.27. The topological polar surface area (TPSA) is 55.4 Å². The van der Waals surface area contributed by atoms with E-state index in [0.717, 1.165) is 10.0 Å². The molecule has 0 aliphatic carbocycles. The Bertz CT molecular complexity index is 499. The first-order valence-electron chi connectivity index (χ1n) is 6.24. The fourth-order valence-electron chi connectivity index (χ4n) is 1.51. The molecule has 0 aromatic heterocycles. The smallest absolute Gasteiger partial charge is 0.307 e. The quantitative estimate of drug-likeness (QED) is 0.819. The number of esters is 1. The van der Waals surface area contributed by atoms with E-state index in [0.29, 0.717) is 0 Å². The molecule has 0 spiro atoms. The van der Waals surface area contributed by atoms with Crippen LogP contribution in [0.25, 0.3) is 0 Å². The van der Waals surface area contributed by atoms with Crippen molar-refractivity contribution in [2.75, 3.05) is 7.11 Å². The number of carbonyl (C=O) groups excluding carboxylic acids is 1. The molecule has 0 heterocycles. The van der Waals surface area contributed by atoms with Crippen LogP contribution in [0.2, 0.25) is 0 Å². The first kappa shape index (κ1) is 17.3. The van der Waals surface area contributed by atoms with Gasteiger partial charge in [0.05, 0.1) is 35.3 Å². The number of methoxy groups -OCH3 is 1. The standard InChI is InChI=1S/C14H20BrNO3S/c1-14(2,3)20(18)16-12(9-13(17)19-4)10-6-5-7-11(15)8-10/h5-8,12,16H,9H2,1-4H3/t12-,20+/m0/s1. The van der Waals surface area contributed by atoms with E-state index in [1.54, 1.807) is 0 Å². The van der Waals surface area contributed by atoms with Gasteiger partial charge in [-0.05, 0) is 38.5 Å².